The Bertz CT molecular complexity index is 218. The molecule has 1 unspecified atom stereocenters. The van der Waals surface area contributed by atoms with Crippen molar-refractivity contribution in [3.63, 3.8) is 0 Å². The molecule has 17 heavy (non-hydrogen) atoms. The summed E-state index contributed by atoms with van der Waals surface area (Å²) >= 11 is 0. The number of unbranched alkanes of at least 4 members (excludes halogenated alkanes) is 1. The summed E-state index contributed by atoms with van der Waals surface area (Å²) < 4.78 is 0. The lowest BCUT2D eigenvalue weighted by molar-refractivity contribution is -0.120. The molecular formula is C12H27N3O2. The fraction of sp³-hybridized carbons (Fsp3) is 0.917. The number of aliphatic hydroxyl groups is 1. The Kier molecular flexibility index (Phi) is 8.12. The normalized spacial score (nSPS) is 14.7. The molecule has 0 aromatic heterocycles. The number of rotatable bonds is 9. The molecule has 1 atom stereocenters. The van der Waals surface area contributed by atoms with E-state index in [4.69, 9.17) is 0 Å². The largest absolute Gasteiger partial charge is 0.388 e. The first-order valence-electron chi connectivity index (χ1n) is 6.22. The van der Waals surface area contributed by atoms with Gasteiger partial charge in [-0.25, -0.2) is 0 Å². The minimum absolute atomic E-state index is 0.0147. The van der Waals surface area contributed by atoms with Gasteiger partial charge in [0.15, 0.2) is 0 Å². The van der Waals surface area contributed by atoms with E-state index in [9.17, 15) is 9.90 Å². The van der Waals surface area contributed by atoms with Crippen molar-refractivity contribution in [3.8, 4) is 0 Å². The molecule has 5 heteroatoms. The van der Waals surface area contributed by atoms with Crippen LogP contribution in [0, 0.1) is 0 Å². The molecule has 5 nitrogen and oxygen atoms in total. The Morgan fingerprint density at radius 2 is 2.06 bits per heavy atom. The molecule has 0 bridgehead atoms. The minimum atomic E-state index is -0.812. The molecular weight excluding hydrogens is 218 g/mol. The van der Waals surface area contributed by atoms with Gasteiger partial charge >= 0.3 is 0 Å². The Balaban J connectivity index is 3.64. The van der Waals surface area contributed by atoms with Crippen molar-refractivity contribution in [3.05, 3.63) is 0 Å². The Morgan fingerprint density at radius 1 is 1.41 bits per heavy atom. The SMILES string of the molecule is CCCCNC(=O)CNCC(C)(O)CN(C)C. The molecule has 0 heterocycles. The fourth-order valence-corrected chi connectivity index (χ4v) is 1.65. The molecule has 0 spiro atoms. The van der Waals surface area contributed by atoms with E-state index in [-0.39, 0.29) is 12.5 Å². The second-order valence-corrected chi connectivity index (χ2v) is 5.04. The maximum Gasteiger partial charge on any atom is 0.233 e. The van der Waals surface area contributed by atoms with Crippen LogP contribution in [0.15, 0.2) is 0 Å². The van der Waals surface area contributed by atoms with E-state index < -0.39 is 5.60 Å². The monoisotopic (exact) mass is 245 g/mol. The van der Waals surface area contributed by atoms with Crippen molar-refractivity contribution in [2.75, 3.05) is 40.3 Å². The summed E-state index contributed by atoms with van der Waals surface area (Å²) in [5.74, 6) is -0.0147. The highest BCUT2D eigenvalue weighted by molar-refractivity contribution is 5.77. The molecule has 0 saturated heterocycles. The van der Waals surface area contributed by atoms with Crippen LogP contribution in [0.3, 0.4) is 0 Å². The molecule has 0 aromatic carbocycles. The number of nitrogens with zero attached hydrogens (tertiary/aromatic N) is 1. The molecule has 3 N–H and O–H groups in total. The minimum Gasteiger partial charge on any atom is -0.388 e. The van der Waals surface area contributed by atoms with Gasteiger partial charge in [-0.05, 0) is 27.4 Å². The summed E-state index contributed by atoms with van der Waals surface area (Å²) in [7, 11) is 3.82. The third-order valence-electron chi connectivity index (χ3n) is 2.30. The molecule has 0 aliphatic heterocycles. The third-order valence-corrected chi connectivity index (χ3v) is 2.30. The lowest BCUT2D eigenvalue weighted by Gasteiger charge is -2.27. The van der Waals surface area contributed by atoms with Crippen LogP contribution < -0.4 is 10.6 Å². The summed E-state index contributed by atoms with van der Waals surface area (Å²) in [5.41, 5.74) is -0.812. The van der Waals surface area contributed by atoms with Crippen LogP contribution >= 0.6 is 0 Å². The maximum atomic E-state index is 11.4. The quantitative estimate of drug-likeness (QED) is 0.493. The van der Waals surface area contributed by atoms with E-state index in [0.717, 1.165) is 19.4 Å². The van der Waals surface area contributed by atoms with Gasteiger partial charge in [-0.15, -0.1) is 0 Å². The molecule has 1 amide bonds. The van der Waals surface area contributed by atoms with Gasteiger partial charge in [-0.3, -0.25) is 4.79 Å². The van der Waals surface area contributed by atoms with E-state index in [1.165, 1.54) is 0 Å². The van der Waals surface area contributed by atoms with E-state index in [0.29, 0.717) is 13.1 Å². The fourth-order valence-electron chi connectivity index (χ4n) is 1.65. The van der Waals surface area contributed by atoms with Gasteiger partial charge in [-0.2, -0.15) is 0 Å². The first-order chi connectivity index (χ1) is 7.87. The summed E-state index contributed by atoms with van der Waals surface area (Å²) in [5, 5.41) is 15.8. The molecule has 0 radical (unpaired) electrons. The molecule has 0 rings (SSSR count). The summed E-state index contributed by atoms with van der Waals surface area (Å²) in [6.45, 7) is 5.81. The van der Waals surface area contributed by atoms with Crippen LogP contribution in [-0.4, -0.2) is 61.8 Å². The number of nitrogens with one attached hydrogen (secondary N) is 2. The summed E-state index contributed by atoms with van der Waals surface area (Å²) in [6.07, 6.45) is 2.08. The lowest BCUT2D eigenvalue weighted by atomic mass is 10.1. The molecule has 0 aromatic rings. The Morgan fingerprint density at radius 3 is 2.59 bits per heavy atom. The van der Waals surface area contributed by atoms with Crippen molar-refractivity contribution in [2.45, 2.75) is 32.3 Å². The molecule has 0 saturated carbocycles. The van der Waals surface area contributed by atoms with E-state index in [1.807, 2.05) is 19.0 Å². The zero-order valence-corrected chi connectivity index (χ0v) is 11.5. The van der Waals surface area contributed by atoms with Crippen LogP contribution in [0.25, 0.3) is 0 Å². The van der Waals surface area contributed by atoms with Gasteiger partial charge in [0.05, 0.1) is 12.1 Å². The number of carbonyl (C=O) groups excluding carboxylic acids is 1. The molecule has 0 fully saturated rings. The van der Waals surface area contributed by atoms with E-state index in [1.54, 1.807) is 6.92 Å². The Hall–Kier alpha value is -0.650. The topological polar surface area (TPSA) is 64.6 Å². The maximum absolute atomic E-state index is 11.4. The zero-order chi connectivity index (χ0) is 13.3. The molecule has 0 aliphatic carbocycles. The summed E-state index contributed by atoms with van der Waals surface area (Å²) in [6, 6.07) is 0. The highest BCUT2D eigenvalue weighted by Crippen LogP contribution is 2.01. The highest BCUT2D eigenvalue weighted by atomic mass is 16.3. The van der Waals surface area contributed by atoms with Crippen LogP contribution in [0.1, 0.15) is 26.7 Å². The third kappa shape index (κ3) is 10.2. The van der Waals surface area contributed by atoms with Gasteiger partial charge in [0.25, 0.3) is 0 Å². The van der Waals surface area contributed by atoms with Gasteiger partial charge in [0.1, 0.15) is 0 Å². The van der Waals surface area contributed by atoms with Crippen molar-refractivity contribution in [1.82, 2.24) is 15.5 Å². The first kappa shape index (κ1) is 16.4. The predicted octanol–water partition coefficient (Wildman–Crippen LogP) is -0.195. The zero-order valence-electron chi connectivity index (χ0n) is 11.5. The van der Waals surface area contributed by atoms with Crippen molar-refractivity contribution in [1.29, 1.82) is 0 Å². The number of amides is 1. The van der Waals surface area contributed by atoms with Gasteiger partial charge in [0.2, 0.25) is 5.91 Å². The van der Waals surface area contributed by atoms with Crippen molar-refractivity contribution < 1.29 is 9.90 Å². The van der Waals surface area contributed by atoms with Gasteiger partial charge in [0, 0.05) is 19.6 Å². The van der Waals surface area contributed by atoms with E-state index in [2.05, 4.69) is 17.6 Å². The summed E-state index contributed by atoms with van der Waals surface area (Å²) in [4.78, 5) is 13.3. The van der Waals surface area contributed by atoms with Crippen LogP contribution in [0.2, 0.25) is 0 Å². The van der Waals surface area contributed by atoms with Gasteiger partial charge in [-0.1, -0.05) is 13.3 Å². The highest BCUT2D eigenvalue weighted by Gasteiger charge is 2.20. The predicted molar refractivity (Wildman–Crippen MR) is 70.0 cm³/mol. The molecule has 102 valence electrons. The van der Waals surface area contributed by atoms with Crippen LogP contribution in [-0.2, 0) is 4.79 Å². The van der Waals surface area contributed by atoms with Crippen LogP contribution in [0.5, 0.6) is 0 Å². The Labute approximate surface area is 105 Å². The second kappa shape index (κ2) is 8.44. The number of carbonyl (C=O) groups is 1. The molecule has 0 aliphatic rings. The van der Waals surface area contributed by atoms with Crippen LogP contribution in [0.4, 0.5) is 0 Å². The number of likely N-dealkylation sites (N-methyl/N-ethyl adjacent to an activating group) is 1. The van der Waals surface area contributed by atoms with Crippen molar-refractivity contribution in [2.24, 2.45) is 0 Å². The van der Waals surface area contributed by atoms with E-state index >= 15 is 0 Å². The van der Waals surface area contributed by atoms with Gasteiger partial charge < -0.3 is 20.6 Å². The average molecular weight is 245 g/mol. The van der Waals surface area contributed by atoms with Crippen molar-refractivity contribution >= 4 is 5.91 Å². The first-order valence-corrected chi connectivity index (χ1v) is 6.22. The smallest absolute Gasteiger partial charge is 0.233 e. The number of hydrogen-bond donors (Lipinski definition) is 3. The average Bonchev–Trinajstić information content (AvgIpc) is 2.15. The standard InChI is InChI=1S/C12H27N3O2/c1-5-6-7-14-11(16)8-13-9-12(2,17)10-15(3)4/h13,17H,5-10H2,1-4H3,(H,14,16). The number of hydrogen-bond acceptors (Lipinski definition) is 4. The second-order valence-electron chi connectivity index (χ2n) is 5.04. The lowest BCUT2D eigenvalue weighted by Crippen LogP contribution is -2.47.